The number of thiocarbonyl (C=S) groups is 1. The Kier molecular flexibility index (Phi) is 5.38. The molecule has 0 unspecified atom stereocenters. The van der Waals surface area contributed by atoms with Gasteiger partial charge in [0, 0.05) is 26.3 Å². The first-order valence-corrected chi connectivity index (χ1v) is 8.18. The normalized spacial score (nSPS) is 23.6. The van der Waals surface area contributed by atoms with Crippen LogP contribution in [0.4, 0.5) is 0 Å². The average Bonchev–Trinajstić information content (AvgIpc) is 2.48. The van der Waals surface area contributed by atoms with Crippen LogP contribution in [0.15, 0.2) is 0 Å². The first-order valence-electron chi connectivity index (χ1n) is 7.77. The molecule has 2 heterocycles. The molecule has 20 heavy (non-hydrogen) atoms. The maximum Gasteiger partial charge on any atom is 0.235 e. The minimum Gasteiger partial charge on any atom is -0.392 e. The molecule has 0 saturated carbocycles. The number of nitrogens with zero attached hydrogens (tertiary/aromatic N) is 1. The van der Waals surface area contributed by atoms with Crippen LogP contribution in [0.2, 0.25) is 0 Å². The Morgan fingerprint density at radius 2 is 1.95 bits per heavy atom. The summed E-state index contributed by atoms with van der Waals surface area (Å²) in [5.74, 6) is 0.919. The Balaban J connectivity index is 2.00. The number of carbonyl (C=O) groups is 1. The molecule has 0 spiro atoms. The molecule has 2 rings (SSSR count). The van der Waals surface area contributed by atoms with E-state index in [0.717, 1.165) is 31.8 Å². The van der Waals surface area contributed by atoms with Crippen molar-refractivity contribution in [3.05, 3.63) is 0 Å². The Bertz CT molecular complexity index is 359. The zero-order valence-electron chi connectivity index (χ0n) is 12.4. The van der Waals surface area contributed by atoms with E-state index in [0.29, 0.717) is 31.0 Å². The van der Waals surface area contributed by atoms with Crippen LogP contribution >= 0.6 is 12.2 Å². The lowest BCUT2D eigenvalue weighted by Crippen LogP contribution is -2.54. The van der Waals surface area contributed by atoms with E-state index in [9.17, 15) is 4.79 Å². The van der Waals surface area contributed by atoms with Crippen molar-refractivity contribution in [1.82, 2.24) is 4.90 Å². The van der Waals surface area contributed by atoms with E-state index in [-0.39, 0.29) is 5.91 Å². The highest BCUT2D eigenvalue weighted by Crippen LogP contribution is 2.35. The van der Waals surface area contributed by atoms with E-state index in [4.69, 9.17) is 22.7 Å². The maximum atomic E-state index is 12.9. The van der Waals surface area contributed by atoms with Gasteiger partial charge in [-0.15, -0.1) is 0 Å². The van der Waals surface area contributed by atoms with Crippen molar-refractivity contribution in [2.45, 2.75) is 45.4 Å². The molecule has 2 fully saturated rings. The standard InChI is InChI=1S/C15H26N2O2S/c1-2-3-12-4-8-17(9-5-12)14(18)15(13(16)20)6-10-19-11-7-15/h12H,2-11H2,1H3,(H2,16,20). The molecule has 2 saturated heterocycles. The van der Waals surface area contributed by atoms with Crippen molar-refractivity contribution in [3.8, 4) is 0 Å². The Morgan fingerprint density at radius 3 is 2.45 bits per heavy atom. The molecule has 0 aromatic rings. The molecular formula is C15H26N2O2S. The minimum atomic E-state index is -0.648. The third-order valence-electron chi connectivity index (χ3n) is 4.83. The second-order valence-corrected chi connectivity index (χ2v) is 6.52. The number of piperidine rings is 1. The van der Waals surface area contributed by atoms with Crippen LogP contribution in [0, 0.1) is 11.3 Å². The van der Waals surface area contributed by atoms with Crippen molar-refractivity contribution in [3.63, 3.8) is 0 Å². The first-order chi connectivity index (χ1) is 9.60. The number of likely N-dealkylation sites (tertiary alicyclic amines) is 1. The van der Waals surface area contributed by atoms with Gasteiger partial charge in [0.25, 0.3) is 0 Å². The molecule has 0 aromatic carbocycles. The van der Waals surface area contributed by atoms with Crippen LogP contribution in [-0.2, 0) is 9.53 Å². The predicted molar refractivity (Wildman–Crippen MR) is 83.5 cm³/mol. The van der Waals surface area contributed by atoms with Gasteiger partial charge in [0.1, 0.15) is 5.41 Å². The van der Waals surface area contributed by atoms with Gasteiger partial charge in [-0.1, -0.05) is 32.0 Å². The summed E-state index contributed by atoms with van der Waals surface area (Å²) in [6.07, 6.45) is 6.00. The van der Waals surface area contributed by atoms with Crippen LogP contribution in [0.5, 0.6) is 0 Å². The van der Waals surface area contributed by atoms with E-state index in [1.807, 2.05) is 4.90 Å². The summed E-state index contributed by atoms with van der Waals surface area (Å²) in [7, 11) is 0. The number of nitrogens with two attached hydrogens (primary N) is 1. The summed E-state index contributed by atoms with van der Waals surface area (Å²) in [5.41, 5.74) is 5.27. The van der Waals surface area contributed by atoms with Gasteiger partial charge in [-0.05, 0) is 31.6 Å². The largest absolute Gasteiger partial charge is 0.392 e. The molecule has 2 aliphatic rings. The van der Waals surface area contributed by atoms with Gasteiger partial charge in [0.2, 0.25) is 5.91 Å². The highest BCUT2D eigenvalue weighted by atomic mass is 32.1. The van der Waals surface area contributed by atoms with E-state index < -0.39 is 5.41 Å². The average molecular weight is 298 g/mol. The maximum absolute atomic E-state index is 12.9. The van der Waals surface area contributed by atoms with E-state index in [1.165, 1.54) is 12.8 Å². The third-order valence-corrected chi connectivity index (χ3v) is 5.22. The summed E-state index contributed by atoms with van der Waals surface area (Å²) in [5, 5.41) is 0. The van der Waals surface area contributed by atoms with Crippen LogP contribution in [0.3, 0.4) is 0 Å². The van der Waals surface area contributed by atoms with E-state index >= 15 is 0 Å². The number of rotatable bonds is 4. The molecule has 4 nitrogen and oxygen atoms in total. The molecule has 5 heteroatoms. The Labute approximate surface area is 127 Å². The molecule has 0 aliphatic carbocycles. The van der Waals surface area contributed by atoms with Crippen molar-refractivity contribution in [1.29, 1.82) is 0 Å². The van der Waals surface area contributed by atoms with Crippen molar-refractivity contribution >= 4 is 23.1 Å². The lowest BCUT2D eigenvalue weighted by atomic mass is 9.78. The second-order valence-electron chi connectivity index (χ2n) is 6.08. The van der Waals surface area contributed by atoms with Crippen LogP contribution in [-0.4, -0.2) is 42.1 Å². The third kappa shape index (κ3) is 3.14. The SMILES string of the molecule is CCCC1CCN(C(=O)C2(C(N)=S)CCOCC2)CC1. The highest BCUT2D eigenvalue weighted by molar-refractivity contribution is 7.80. The molecule has 1 amide bonds. The van der Waals surface area contributed by atoms with Gasteiger partial charge < -0.3 is 15.4 Å². The summed E-state index contributed by atoms with van der Waals surface area (Å²) in [4.78, 5) is 15.2. The fourth-order valence-corrected chi connectivity index (χ4v) is 3.71. The van der Waals surface area contributed by atoms with Crippen LogP contribution in [0.25, 0.3) is 0 Å². The zero-order chi connectivity index (χ0) is 14.6. The van der Waals surface area contributed by atoms with Gasteiger partial charge in [-0.2, -0.15) is 0 Å². The van der Waals surface area contributed by atoms with Crippen LogP contribution < -0.4 is 5.73 Å². The van der Waals surface area contributed by atoms with E-state index in [2.05, 4.69) is 6.92 Å². The number of carbonyl (C=O) groups excluding carboxylic acids is 1. The summed E-state index contributed by atoms with van der Waals surface area (Å²) in [6, 6.07) is 0. The van der Waals surface area contributed by atoms with Crippen LogP contribution in [0.1, 0.15) is 45.4 Å². The lowest BCUT2D eigenvalue weighted by Gasteiger charge is -2.41. The highest BCUT2D eigenvalue weighted by Gasteiger charge is 2.45. The first kappa shape index (κ1) is 15.7. The Morgan fingerprint density at radius 1 is 1.35 bits per heavy atom. The molecule has 0 aromatic heterocycles. The van der Waals surface area contributed by atoms with Gasteiger partial charge in [-0.3, -0.25) is 4.79 Å². The predicted octanol–water partition coefficient (Wildman–Crippen LogP) is 2.11. The monoisotopic (exact) mass is 298 g/mol. The van der Waals surface area contributed by atoms with Gasteiger partial charge in [-0.25, -0.2) is 0 Å². The molecule has 0 atom stereocenters. The van der Waals surface area contributed by atoms with Crippen molar-refractivity contribution in [2.24, 2.45) is 17.1 Å². The number of hydrogen-bond donors (Lipinski definition) is 1. The molecule has 0 bridgehead atoms. The fourth-order valence-electron chi connectivity index (χ4n) is 3.42. The summed E-state index contributed by atoms with van der Waals surface area (Å²) in [6.45, 7) is 5.09. The minimum absolute atomic E-state index is 0.142. The Hall–Kier alpha value is -0.680. The number of ether oxygens (including phenoxy) is 1. The number of hydrogen-bond acceptors (Lipinski definition) is 3. The smallest absolute Gasteiger partial charge is 0.235 e. The summed E-state index contributed by atoms with van der Waals surface area (Å²) >= 11 is 5.21. The zero-order valence-corrected chi connectivity index (χ0v) is 13.2. The molecule has 0 radical (unpaired) electrons. The number of amides is 1. The molecule has 2 aliphatic heterocycles. The second kappa shape index (κ2) is 6.85. The quantitative estimate of drug-likeness (QED) is 0.808. The van der Waals surface area contributed by atoms with Crippen molar-refractivity contribution in [2.75, 3.05) is 26.3 Å². The van der Waals surface area contributed by atoms with Crippen molar-refractivity contribution < 1.29 is 9.53 Å². The molecule has 2 N–H and O–H groups in total. The van der Waals surface area contributed by atoms with E-state index in [1.54, 1.807) is 0 Å². The molecular weight excluding hydrogens is 272 g/mol. The fraction of sp³-hybridized carbons (Fsp3) is 0.867. The van der Waals surface area contributed by atoms with Gasteiger partial charge >= 0.3 is 0 Å². The molecule has 114 valence electrons. The lowest BCUT2D eigenvalue weighted by molar-refractivity contribution is -0.143. The van der Waals surface area contributed by atoms with Gasteiger partial charge in [0.05, 0.1) is 4.99 Å². The summed E-state index contributed by atoms with van der Waals surface area (Å²) < 4.78 is 5.38. The topological polar surface area (TPSA) is 55.6 Å². The van der Waals surface area contributed by atoms with Gasteiger partial charge in [0.15, 0.2) is 0 Å².